The normalized spacial score (nSPS) is 11.5. The van der Waals surface area contributed by atoms with Gasteiger partial charge in [0.2, 0.25) is 0 Å². The molecule has 428 valence electrons. The third-order valence-corrected chi connectivity index (χ3v) is 17.0. The first-order valence-corrected chi connectivity index (χ1v) is 30.0. The number of benzene rings is 12. The SMILES string of the molecule is N#Cc1cccc2oc3cccc(-c4nc(-c5ccccc5)nc(-c5ccc6c7ccccc7n(-c7ccccc7)c6c5)n4)c3c12.[C-]#[N+]c1cccc2oc3ccc(-c4nc(-c5ccccc5)nc(-c5ccc6c7ccccc7n(-c7ccccc7)c6c5)n4)cc3c12. The van der Waals surface area contributed by atoms with Gasteiger partial charge in [0.15, 0.2) is 40.6 Å². The lowest BCUT2D eigenvalue weighted by atomic mass is 10.0. The van der Waals surface area contributed by atoms with Gasteiger partial charge in [-0.15, -0.1) is 0 Å². The minimum atomic E-state index is 0.508. The van der Waals surface area contributed by atoms with E-state index in [4.69, 9.17) is 45.3 Å². The van der Waals surface area contributed by atoms with Crippen LogP contribution in [0, 0.1) is 17.9 Å². The first-order valence-electron chi connectivity index (χ1n) is 30.0. The van der Waals surface area contributed by atoms with Gasteiger partial charge in [-0.05, 0) is 91.0 Å². The molecule has 0 spiro atoms. The molecule has 18 rings (SSSR count). The fraction of sp³-hybridized carbons (Fsp3) is 0. The second kappa shape index (κ2) is 21.9. The highest BCUT2D eigenvalue weighted by Gasteiger charge is 2.23. The molecule has 6 heterocycles. The summed E-state index contributed by atoms with van der Waals surface area (Å²) in [5, 5.41) is 17.9. The molecule has 0 aliphatic heterocycles. The predicted molar refractivity (Wildman–Crippen MR) is 366 cm³/mol. The number of nitriles is 1. The van der Waals surface area contributed by atoms with Crippen molar-refractivity contribution >= 4 is 93.2 Å². The maximum atomic E-state index is 9.97. The minimum absolute atomic E-state index is 0.508. The van der Waals surface area contributed by atoms with Crippen LogP contribution in [-0.2, 0) is 0 Å². The predicted octanol–water partition coefficient (Wildman–Crippen LogP) is 20.2. The van der Waals surface area contributed by atoms with Gasteiger partial charge in [0.25, 0.3) is 0 Å². The van der Waals surface area contributed by atoms with Crippen LogP contribution in [0.25, 0.3) is 172 Å². The highest BCUT2D eigenvalue weighted by molar-refractivity contribution is 6.15. The lowest BCUT2D eigenvalue weighted by molar-refractivity contribution is 0.668. The Labute approximate surface area is 525 Å². The Bertz CT molecular complexity index is 6040. The molecule has 12 heteroatoms. The number of fused-ring (bicyclic) bond motifs is 12. The van der Waals surface area contributed by atoms with Crippen molar-refractivity contribution < 1.29 is 8.83 Å². The monoisotopic (exact) mass is 1180 g/mol. The van der Waals surface area contributed by atoms with E-state index in [1.165, 1.54) is 10.8 Å². The Balaban J connectivity index is 0.000000141. The average molecular weight is 1180 g/mol. The summed E-state index contributed by atoms with van der Waals surface area (Å²) in [6.45, 7) is 7.72. The summed E-state index contributed by atoms with van der Waals surface area (Å²) < 4.78 is 16.9. The fourth-order valence-electron chi connectivity index (χ4n) is 12.8. The molecule has 12 aromatic carbocycles. The van der Waals surface area contributed by atoms with E-state index in [1.54, 1.807) is 0 Å². The lowest BCUT2D eigenvalue weighted by Gasteiger charge is -2.11. The van der Waals surface area contributed by atoms with Crippen molar-refractivity contribution in [3.05, 3.63) is 296 Å². The molecular weight excluding hydrogens is 1130 g/mol. The van der Waals surface area contributed by atoms with Crippen LogP contribution in [0.15, 0.2) is 288 Å². The van der Waals surface area contributed by atoms with Crippen LogP contribution in [0.4, 0.5) is 5.69 Å². The summed E-state index contributed by atoms with van der Waals surface area (Å²) in [4.78, 5) is 33.9. The summed E-state index contributed by atoms with van der Waals surface area (Å²) in [5.74, 6) is 3.34. The van der Waals surface area contributed by atoms with Gasteiger partial charge >= 0.3 is 0 Å². The molecule has 92 heavy (non-hydrogen) atoms. The Hall–Kier alpha value is -13.2. The second-order valence-electron chi connectivity index (χ2n) is 22.3. The van der Waals surface area contributed by atoms with Gasteiger partial charge in [0.1, 0.15) is 22.3 Å². The second-order valence-corrected chi connectivity index (χ2v) is 22.3. The standard InChI is InChI=1S/2C40H23N5O/c1-41-32-16-10-18-36-37(32)31-23-26(20-22-35(31)46-36)39-42-38(25-11-4-2-5-12-25)43-40(44-39)27-19-21-30-29-15-8-9-17-33(29)45(34(30)24-27)28-13-6-3-7-14-28;41-24-27-13-9-19-34-36(27)37-31(17-10-20-35(37)46-34)40-43-38(25-11-3-1-4-12-25)42-39(44-40)26-21-22-30-29-16-7-8-18-32(29)45(33(30)23-26)28-14-5-2-6-15-28/h2-24H;1-23H. The number of rotatable bonds is 8. The zero-order chi connectivity index (χ0) is 61.2. The molecule has 0 saturated heterocycles. The van der Waals surface area contributed by atoms with Gasteiger partial charge in [-0.1, -0.05) is 188 Å². The molecular formula is C80H46N10O2. The highest BCUT2D eigenvalue weighted by Crippen LogP contribution is 2.42. The van der Waals surface area contributed by atoms with Crippen molar-refractivity contribution in [3.63, 3.8) is 0 Å². The van der Waals surface area contributed by atoms with Gasteiger partial charge in [0.05, 0.1) is 40.3 Å². The van der Waals surface area contributed by atoms with Crippen molar-refractivity contribution in [2.24, 2.45) is 0 Å². The topological polar surface area (TPSA) is 142 Å². The molecule has 0 saturated carbocycles. The number of aromatic nitrogens is 8. The number of hydrogen-bond donors (Lipinski definition) is 0. The molecule has 0 N–H and O–H groups in total. The molecule has 0 fully saturated rings. The van der Waals surface area contributed by atoms with Crippen molar-refractivity contribution in [1.29, 1.82) is 5.26 Å². The smallest absolute Gasteiger partial charge is 0.198 e. The van der Waals surface area contributed by atoms with Gasteiger partial charge in [-0.2, -0.15) is 5.26 Å². The van der Waals surface area contributed by atoms with Crippen LogP contribution in [-0.4, -0.2) is 39.0 Å². The average Bonchev–Trinajstić information content (AvgIpc) is 1.61. The molecule has 0 aliphatic carbocycles. The molecule has 6 aromatic heterocycles. The van der Waals surface area contributed by atoms with E-state index in [-0.39, 0.29) is 0 Å². The molecule has 0 radical (unpaired) electrons. The third kappa shape index (κ3) is 8.98. The first-order chi connectivity index (χ1) is 45.5. The van der Waals surface area contributed by atoms with Crippen LogP contribution >= 0.6 is 0 Å². The minimum Gasteiger partial charge on any atom is -0.457 e. The summed E-state index contributed by atoms with van der Waals surface area (Å²) >= 11 is 0. The molecule has 0 atom stereocenters. The van der Waals surface area contributed by atoms with Crippen LogP contribution in [0.3, 0.4) is 0 Å². The maximum Gasteiger partial charge on any atom is 0.198 e. The molecule has 0 amide bonds. The number of furan rings is 2. The van der Waals surface area contributed by atoms with Crippen LogP contribution < -0.4 is 0 Å². The third-order valence-electron chi connectivity index (χ3n) is 17.0. The zero-order valence-corrected chi connectivity index (χ0v) is 48.8. The van der Waals surface area contributed by atoms with E-state index >= 15 is 0 Å². The van der Waals surface area contributed by atoms with Crippen molar-refractivity contribution in [2.75, 3.05) is 0 Å². The fourth-order valence-corrected chi connectivity index (χ4v) is 12.8. The van der Waals surface area contributed by atoms with E-state index in [1.807, 2.05) is 146 Å². The van der Waals surface area contributed by atoms with Crippen molar-refractivity contribution in [2.45, 2.75) is 0 Å². The number of nitrogens with zero attached hydrogens (tertiary/aromatic N) is 10. The Morgan fingerprint density at radius 3 is 1.26 bits per heavy atom. The van der Waals surface area contributed by atoms with Gasteiger partial charge in [0, 0.05) is 87.8 Å². The Morgan fingerprint density at radius 1 is 0.315 bits per heavy atom. The highest BCUT2D eigenvalue weighted by atomic mass is 16.3. The molecule has 0 aliphatic rings. The summed E-state index contributed by atoms with van der Waals surface area (Å²) in [6.07, 6.45) is 0. The zero-order valence-electron chi connectivity index (χ0n) is 48.8. The largest absolute Gasteiger partial charge is 0.457 e. The van der Waals surface area contributed by atoms with E-state index in [9.17, 15) is 5.26 Å². The van der Waals surface area contributed by atoms with E-state index < -0.39 is 0 Å². The lowest BCUT2D eigenvalue weighted by Crippen LogP contribution is -2.01. The summed E-state index contributed by atoms with van der Waals surface area (Å²) in [5.41, 5.74) is 15.5. The maximum absolute atomic E-state index is 9.97. The number of hydrogen-bond acceptors (Lipinski definition) is 9. The summed E-state index contributed by atoms with van der Waals surface area (Å²) in [7, 11) is 0. The van der Waals surface area contributed by atoms with Gasteiger partial charge < -0.3 is 18.0 Å². The van der Waals surface area contributed by atoms with E-state index in [2.05, 4.69) is 154 Å². The van der Waals surface area contributed by atoms with Crippen LogP contribution in [0.5, 0.6) is 0 Å². The van der Waals surface area contributed by atoms with Crippen LogP contribution in [0.2, 0.25) is 0 Å². The first kappa shape index (κ1) is 53.1. The molecule has 0 unspecified atom stereocenters. The molecule has 12 nitrogen and oxygen atoms in total. The van der Waals surface area contributed by atoms with Crippen LogP contribution in [0.1, 0.15) is 5.56 Å². The van der Waals surface area contributed by atoms with Gasteiger partial charge in [-0.25, -0.2) is 34.7 Å². The van der Waals surface area contributed by atoms with Gasteiger partial charge in [-0.3, -0.25) is 0 Å². The summed E-state index contributed by atoms with van der Waals surface area (Å²) in [6, 6.07) is 95.6. The Kier molecular flexibility index (Phi) is 12.6. The van der Waals surface area contributed by atoms with Crippen molar-refractivity contribution in [1.82, 2.24) is 39.0 Å². The Morgan fingerprint density at radius 2 is 0.728 bits per heavy atom. The van der Waals surface area contributed by atoms with E-state index in [0.717, 1.165) is 99.1 Å². The quantitative estimate of drug-likeness (QED) is 0.136. The van der Waals surface area contributed by atoms with Crippen molar-refractivity contribution in [3.8, 4) is 85.8 Å². The number of para-hydroxylation sites is 4. The van der Waals surface area contributed by atoms with E-state index in [0.29, 0.717) is 68.5 Å². The molecule has 0 bridgehead atoms. The molecule has 18 aromatic rings.